The van der Waals surface area contributed by atoms with E-state index >= 15 is 0 Å². The van der Waals surface area contributed by atoms with E-state index in [2.05, 4.69) is 4.98 Å². The molecule has 184 valence electrons. The molecule has 35 heavy (non-hydrogen) atoms. The van der Waals surface area contributed by atoms with Gasteiger partial charge < -0.3 is 5.32 Å². The van der Waals surface area contributed by atoms with E-state index in [1.165, 1.54) is 0 Å². The lowest BCUT2D eigenvalue weighted by molar-refractivity contribution is -0.143. The number of rotatable bonds is 3. The Morgan fingerprint density at radius 2 is 1.54 bits per heavy atom. The van der Waals surface area contributed by atoms with E-state index < -0.39 is 52.5 Å². The first-order valence-corrected chi connectivity index (χ1v) is 9.37. The topological polar surface area (TPSA) is 70.7 Å². The van der Waals surface area contributed by atoms with E-state index in [1.54, 1.807) is 6.07 Å². The second kappa shape index (κ2) is 8.81. The van der Waals surface area contributed by atoms with Crippen molar-refractivity contribution in [1.29, 1.82) is 5.26 Å². The molecule has 2 aromatic carbocycles. The zero-order valence-corrected chi connectivity index (χ0v) is 17.3. The molecule has 0 spiro atoms. The molecule has 0 atom stereocenters. The lowest BCUT2D eigenvalue weighted by atomic mass is 10.1. The first kappa shape index (κ1) is 25.9. The Kier molecular flexibility index (Phi) is 6.51. The van der Waals surface area contributed by atoms with E-state index in [4.69, 9.17) is 16.9 Å². The molecule has 0 fully saturated rings. The number of nitrogens with zero attached hydrogens (tertiary/aromatic N) is 3. The predicted octanol–water partition coefficient (Wildman–Crippen LogP) is 6.56. The van der Waals surface area contributed by atoms with Gasteiger partial charge in [-0.1, -0.05) is 11.6 Å². The van der Waals surface area contributed by atoms with E-state index in [1.807, 2.05) is 5.32 Å². The number of alkyl halides is 9. The Labute approximate surface area is 194 Å². The van der Waals surface area contributed by atoms with E-state index in [0.29, 0.717) is 10.6 Å². The summed E-state index contributed by atoms with van der Waals surface area (Å²) in [5, 5.41) is 10.6. The zero-order valence-electron chi connectivity index (χ0n) is 16.6. The average molecular weight is 527 g/mol. The van der Waals surface area contributed by atoms with Crippen LogP contribution in [0.3, 0.4) is 0 Å². The van der Waals surface area contributed by atoms with Crippen molar-refractivity contribution in [3.63, 3.8) is 0 Å². The molecule has 15 heteroatoms. The monoisotopic (exact) mass is 526 g/mol. The number of nitrogens with one attached hydrogen (secondary N) is 1. The van der Waals surface area contributed by atoms with E-state index in [9.17, 15) is 44.3 Å². The van der Waals surface area contributed by atoms with Crippen LogP contribution in [-0.2, 0) is 18.5 Å². The van der Waals surface area contributed by atoms with Gasteiger partial charge in [-0.15, -0.1) is 0 Å². The van der Waals surface area contributed by atoms with Crippen LogP contribution in [0.15, 0.2) is 47.3 Å². The molecule has 3 rings (SSSR count). The lowest BCUT2D eigenvalue weighted by Gasteiger charge is -2.20. The van der Waals surface area contributed by atoms with Crippen molar-refractivity contribution in [2.45, 2.75) is 18.5 Å². The summed E-state index contributed by atoms with van der Waals surface area (Å²) in [6.45, 7) is 0. The average Bonchev–Trinajstić information content (AvgIpc) is 2.71. The molecule has 1 heterocycles. The number of halogens is 10. The van der Waals surface area contributed by atoms with Crippen molar-refractivity contribution >= 4 is 23.2 Å². The molecule has 3 aromatic rings. The molecule has 1 aromatic heterocycles. The molecule has 0 radical (unpaired) electrons. The highest BCUT2D eigenvalue weighted by Crippen LogP contribution is 2.40. The number of hydrogen-bond acceptors (Lipinski definition) is 4. The molecule has 0 unspecified atom stereocenters. The van der Waals surface area contributed by atoms with Crippen molar-refractivity contribution in [1.82, 2.24) is 9.55 Å². The van der Waals surface area contributed by atoms with Crippen LogP contribution < -0.4 is 10.9 Å². The predicted molar refractivity (Wildman–Crippen MR) is 104 cm³/mol. The van der Waals surface area contributed by atoms with Gasteiger partial charge in [0.15, 0.2) is 5.69 Å². The molecule has 0 saturated carbocycles. The molecule has 0 aliphatic heterocycles. The highest BCUT2D eigenvalue weighted by molar-refractivity contribution is 6.31. The molecule has 0 amide bonds. The Bertz CT molecular complexity index is 1390. The Morgan fingerprint density at radius 3 is 2.06 bits per heavy atom. The smallest absolute Gasteiger partial charge is 0.325 e. The van der Waals surface area contributed by atoms with Crippen LogP contribution in [0.25, 0.3) is 5.69 Å². The summed E-state index contributed by atoms with van der Waals surface area (Å²) in [4.78, 5) is 15.7. The summed E-state index contributed by atoms with van der Waals surface area (Å²) in [7, 11) is 0. The van der Waals surface area contributed by atoms with Gasteiger partial charge in [-0.3, -0.25) is 4.79 Å². The van der Waals surface area contributed by atoms with Crippen LogP contribution in [0.5, 0.6) is 0 Å². The summed E-state index contributed by atoms with van der Waals surface area (Å²) < 4.78 is 119. The minimum Gasteiger partial charge on any atom is -0.325 e. The van der Waals surface area contributed by atoms with Gasteiger partial charge in [0.05, 0.1) is 33.1 Å². The molecule has 0 saturated heterocycles. The molecule has 0 bridgehead atoms. The van der Waals surface area contributed by atoms with Gasteiger partial charge in [-0.2, -0.15) is 44.8 Å². The Hall–Kier alpha value is -3.73. The van der Waals surface area contributed by atoms with Crippen LogP contribution in [-0.4, -0.2) is 9.55 Å². The number of benzene rings is 2. The quantitative estimate of drug-likeness (QED) is 0.393. The Balaban J connectivity index is 2.28. The first-order chi connectivity index (χ1) is 16.0. The van der Waals surface area contributed by atoms with Crippen LogP contribution in [0.4, 0.5) is 51.1 Å². The van der Waals surface area contributed by atoms with Crippen LogP contribution in [0.2, 0.25) is 5.02 Å². The van der Waals surface area contributed by atoms with Gasteiger partial charge in [0.25, 0.3) is 5.56 Å². The summed E-state index contributed by atoms with van der Waals surface area (Å²) in [6.07, 6.45) is -15.7. The summed E-state index contributed by atoms with van der Waals surface area (Å²) >= 11 is 5.88. The molecule has 5 nitrogen and oxygen atoms in total. The number of hydrogen-bond donors (Lipinski definition) is 1. The van der Waals surface area contributed by atoms with Gasteiger partial charge in [0.2, 0.25) is 5.95 Å². The number of aromatic nitrogens is 2. The van der Waals surface area contributed by atoms with Crippen molar-refractivity contribution in [3.05, 3.63) is 80.2 Å². The highest BCUT2D eigenvalue weighted by Gasteiger charge is 2.39. The van der Waals surface area contributed by atoms with Gasteiger partial charge >= 0.3 is 18.5 Å². The largest absolute Gasteiger partial charge is 0.433 e. The third kappa shape index (κ3) is 5.51. The van der Waals surface area contributed by atoms with Crippen molar-refractivity contribution in [2.75, 3.05) is 5.32 Å². The fraction of sp³-hybridized carbons (Fsp3) is 0.150. The number of anilines is 2. The lowest BCUT2D eigenvalue weighted by Crippen LogP contribution is -2.26. The van der Waals surface area contributed by atoms with E-state index in [0.717, 1.165) is 18.2 Å². The van der Waals surface area contributed by atoms with Crippen molar-refractivity contribution in [2.24, 2.45) is 0 Å². The minimum absolute atomic E-state index is 0.0642. The molecular weight excluding hydrogens is 519 g/mol. The van der Waals surface area contributed by atoms with Crippen LogP contribution in [0.1, 0.15) is 22.4 Å². The summed E-state index contributed by atoms with van der Waals surface area (Å²) in [6, 6.07) is 5.25. The second-order valence-corrected chi connectivity index (χ2v) is 7.20. The first-order valence-electron chi connectivity index (χ1n) is 8.99. The van der Waals surface area contributed by atoms with Gasteiger partial charge in [-0.05, 0) is 36.4 Å². The SMILES string of the molecule is N#Cc1ccc(-n2c(Nc3ccc(C(F)(F)F)cc3C(F)(F)F)nc(C(F)(F)F)cc2=O)cc1Cl. The van der Waals surface area contributed by atoms with Crippen LogP contribution in [0, 0.1) is 11.3 Å². The van der Waals surface area contributed by atoms with Crippen LogP contribution >= 0.6 is 11.6 Å². The summed E-state index contributed by atoms with van der Waals surface area (Å²) in [5.74, 6) is -1.10. The van der Waals surface area contributed by atoms with Gasteiger partial charge in [0.1, 0.15) is 6.07 Å². The molecular formula is C20H8ClF9N4O. The van der Waals surface area contributed by atoms with Gasteiger partial charge in [-0.25, -0.2) is 9.55 Å². The normalized spacial score (nSPS) is 12.4. The second-order valence-electron chi connectivity index (χ2n) is 6.79. The maximum atomic E-state index is 13.5. The molecule has 0 aliphatic rings. The Morgan fingerprint density at radius 1 is 0.886 bits per heavy atom. The maximum absolute atomic E-state index is 13.5. The minimum atomic E-state index is -5.37. The third-order valence-electron chi connectivity index (χ3n) is 4.44. The van der Waals surface area contributed by atoms with Crippen molar-refractivity contribution in [3.8, 4) is 11.8 Å². The third-order valence-corrected chi connectivity index (χ3v) is 4.75. The fourth-order valence-corrected chi connectivity index (χ4v) is 3.10. The molecule has 0 aliphatic carbocycles. The fourth-order valence-electron chi connectivity index (χ4n) is 2.88. The molecule has 1 N–H and O–H groups in total. The standard InChI is InChI=1S/C20H8ClF9N4O/c21-13-6-11(3-1-9(13)8-31)34-16(35)7-15(20(28,29)30)33-17(34)32-14-4-2-10(18(22,23)24)5-12(14)19(25,26)27/h1-7H,(H,32,33). The van der Waals surface area contributed by atoms with Crippen molar-refractivity contribution < 1.29 is 39.5 Å². The van der Waals surface area contributed by atoms with E-state index in [-0.39, 0.29) is 34.5 Å². The zero-order chi connectivity index (χ0) is 26.3. The highest BCUT2D eigenvalue weighted by atomic mass is 35.5. The maximum Gasteiger partial charge on any atom is 0.433 e. The van der Waals surface area contributed by atoms with Gasteiger partial charge in [0, 0.05) is 6.07 Å². The summed E-state index contributed by atoms with van der Waals surface area (Å²) in [5.41, 5.74) is -8.20. The number of nitriles is 1.